The van der Waals surface area contributed by atoms with Gasteiger partial charge in [-0.25, -0.2) is 0 Å². The third-order valence-electron chi connectivity index (χ3n) is 6.23. The average molecular weight is 387 g/mol. The van der Waals surface area contributed by atoms with Crippen molar-refractivity contribution in [1.82, 2.24) is 15.5 Å². The molecule has 2 N–H and O–H groups in total. The largest absolute Gasteiger partial charge is 0.373 e. The molecule has 1 aromatic carbocycles. The highest BCUT2D eigenvalue weighted by atomic mass is 16.5. The molecule has 0 amide bonds. The Bertz CT molecular complexity index is 610. The molecule has 2 aliphatic heterocycles. The molecule has 3 rings (SSSR count). The Morgan fingerprint density at radius 1 is 1.11 bits per heavy atom. The first-order chi connectivity index (χ1) is 13.6. The minimum atomic E-state index is 0.137. The van der Waals surface area contributed by atoms with Crippen molar-refractivity contribution < 1.29 is 4.74 Å². The van der Waals surface area contributed by atoms with Gasteiger partial charge in [0.05, 0.1) is 6.10 Å². The van der Waals surface area contributed by atoms with Gasteiger partial charge >= 0.3 is 0 Å². The number of likely N-dealkylation sites (tertiary alicyclic amines) is 1. The molecule has 2 atom stereocenters. The summed E-state index contributed by atoms with van der Waals surface area (Å²) in [5.74, 6) is 1.35. The van der Waals surface area contributed by atoms with Crippen molar-refractivity contribution in [3.8, 4) is 0 Å². The number of hydrogen-bond acceptors (Lipinski definition) is 3. The molecule has 5 heteroatoms. The molecule has 1 aromatic rings. The van der Waals surface area contributed by atoms with Gasteiger partial charge in [0.25, 0.3) is 0 Å². The first-order valence-corrected chi connectivity index (χ1v) is 11.0. The number of benzene rings is 1. The molecule has 28 heavy (non-hydrogen) atoms. The van der Waals surface area contributed by atoms with Crippen molar-refractivity contribution in [1.29, 1.82) is 0 Å². The fourth-order valence-corrected chi connectivity index (χ4v) is 4.42. The van der Waals surface area contributed by atoms with Gasteiger partial charge in [0.1, 0.15) is 0 Å². The molecule has 5 nitrogen and oxygen atoms in total. The lowest BCUT2D eigenvalue weighted by atomic mass is 9.89. The second-order valence-electron chi connectivity index (χ2n) is 8.77. The monoisotopic (exact) mass is 386 g/mol. The zero-order chi connectivity index (χ0) is 19.8. The zero-order valence-electron chi connectivity index (χ0n) is 17.9. The van der Waals surface area contributed by atoms with Crippen molar-refractivity contribution in [2.24, 2.45) is 10.9 Å². The van der Waals surface area contributed by atoms with Gasteiger partial charge in [0.15, 0.2) is 5.96 Å². The molecular formula is C23H38N4O. The van der Waals surface area contributed by atoms with Gasteiger partial charge in [-0.2, -0.15) is 0 Å². The van der Waals surface area contributed by atoms with Crippen molar-refractivity contribution >= 4 is 5.96 Å². The minimum Gasteiger partial charge on any atom is -0.373 e. The molecule has 0 radical (unpaired) electrons. The molecule has 156 valence electrons. The van der Waals surface area contributed by atoms with Gasteiger partial charge in [0, 0.05) is 38.2 Å². The Morgan fingerprint density at radius 3 is 2.57 bits per heavy atom. The molecular weight excluding hydrogens is 348 g/mol. The van der Waals surface area contributed by atoms with Crippen LogP contribution in [0.25, 0.3) is 0 Å². The van der Waals surface area contributed by atoms with E-state index in [-0.39, 0.29) is 11.6 Å². The molecule has 2 aliphatic rings. The van der Waals surface area contributed by atoms with Crippen molar-refractivity contribution in [3.63, 3.8) is 0 Å². The lowest BCUT2D eigenvalue weighted by Gasteiger charge is -2.41. The van der Waals surface area contributed by atoms with E-state index in [0.717, 1.165) is 32.1 Å². The molecule has 0 bridgehead atoms. The summed E-state index contributed by atoms with van der Waals surface area (Å²) < 4.78 is 6.13. The number of guanidine groups is 1. The van der Waals surface area contributed by atoms with Gasteiger partial charge in [-0.15, -0.1) is 0 Å². The van der Waals surface area contributed by atoms with Gasteiger partial charge in [-0.05, 0) is 58.2 Å². The number of rotatable bonds is 6. The number of hydrogen-bond donors (Lipinski definition) is 2. The maximum atomic E-state index is 6.13. The molecule has 2 unspecified atom stereocenters. The third kappa shape index (κ3) is 5.71. The molecule has 2 fully saturated rings. The van der Waals surface area contributed by atoms with Crippen LogP contribution in [0.2, 0.25) is 0 Å². The molecule has 0 aromatic heterocycles. The number of ether oxygens (including phenoxy) is 1. The van der Waals surface area contributed by atoms with Crippen molar-refractivity contribution in [2.45, 2.75) is 57.6 Å². The van der Waals surface area contributed by atoms with E-state index < -0.39 is 0 Å². The van der Waals surface area contributed by atoms with E-state index >= 15 is 0 Å². The first-order valence-electron chi connectivity index (χ1n) is 11.0. The Hall–Kier alpha value is -1.59. The van der Waals surface area contributed by atoms with Gasteiger partial charge in [-0.3, -0.25) is 9.89 Å². The molecule has 0 spiro atoms. The minimum absolute atomic E-state index is 0.137. The molecule has 2 saturated heterocycles. The maximum Gasteiger partial charge on any atom is 0.191 e. The third-order valence-corrected chi connectivity index (χ3v) is 6.23. The van der Waals surface area contributed by atoms with Crippen molar-refractivity contribution in [2.75, 3.05) is 39.8 Å². The van der Waals surface area contributed by atoms with E-state index in [0.29, 0.717) is 5.92 Å². The summed E-state index contributed by atoms with van der Waals surface area (Å²) in [5, 5.41) is 7.11. The van der Waals surface area contributed by atoms with Gasteiger partial charge < -0.3 is 15.4 Å². The highest BCUT2D eigenvalue weighted by Gasteiger charge is 2.29. The van der Waals surface area contributed by atoms with Crippen LogP contribution < -0.4 is 10.6 Å². The summed E-state index contributed by atoms with van der Waals surface area (Å²) in [5.41, 5.74) is 1.42. The number of piperidine rings is 1. The predicted octanol–water partition coefficient (Wildman–Crippen LogP) is 3.58. The fraction of sp³-hybridized carbons (Fsp3) is 0.696. The Kier molecular flexibility index (Phi) is 7.74. The van der Waals surface area contributed by atoms with Crippen LogP contribution >= 0.6 is 0 Å². The summed E-state index contributed by atoms with van der Waals surface area (Å²) in [4.78, 5) is 7.06. The predicted molar refractivity (Wildman–Crippen MR) is 117 cm³/mol. The zero-order valence-corrected chi connectivity index (χ0v) is 17.9. The van der Waals surface area contributed by atoms with Gasteiger partial charge in [-0.1, -0.05) is 36.8 Å². The number of nitrogens with zero attached hydrogens (tertiary/aromatic N) is 2. The first kappa shape index (κ1) is 21.1. The summed E-state index contributed by atoms with van der Waals surface area (Å²) in [6.45, 7) is 9.71. The van der Waals surface area contributed by atoms with E-state index in [1.54, 1.807) is 0 Å². The van der Waals surface area contributed by atoms with Crippen LogP contribution in [0.15, 0.2) is 35.3 Å². The highest BCUT2D eigenvalue weighted by molar-refractivity contribution is 5.79. The van der Waals surface area contributed by atoms with E-state index in [1.165, 1.54) is 44.3 Å². The average Bonchev–Trinajstić information content (AvgIpc) is 2.75. The summed E-state index contributed by atoms with van der Waals surface area (Å²) in [6, 6.07) is 10.6. The van der Waals surface area contributed by atoms with Crippen LogP contribution in [0.5, 0.6) is 0 Å². The van der Waals surface area contributed by atoms with Crippen LogP contribution in [0.3, 0.4) is 0 Å². The van der Waals surface area contributed by atoms with Crippen LogP contribution in [0.1, 0.15) is 57.6 Å². The maximum absolute atomic E-state index is 6.13. The van der Waals surface area contributed by atoms with E-state index in [4.69, 9.17) is 4.74 Å². The van der Waals surface area contributed by atoms with E-state index in [1.807, 2.05) is 7.05 Å². The fourth-order valence-electron chi connectivity index (χ4n) is 4.42. The standard InChI is InChI=1S/C23H38N4O/c1-23(2,27-14-8-5-9-15-27)18-26-22(24-3)25-17-20-13-10-16-28-21(20)19-11-6-4-7-12-19/h4,6-7,11-12,20-21H,5,8-10,13-18H2,1-3H3,(H2,24,25,26). The summed E-state index contributed by atoms with van der Waals surface area (Å²) in [6.07, 6.45) is 6.49. The lowest BCUT2D eigenvalue weighted by Crippen LogP contribution is -2.55. The topological polar surface area (TPSA) is 48.9 Å². The van der Waals surface area contributed by atoms with Gasteiger partial charge in [0.2, 0.25) is 0 Å². The number of aliphatic imine (C=N–C) groups is 1. The Morgan fingerprint density at radius 2 is 1.86 bits per heavy atom. The van der Waals surface area contributed by atoms with E-state index in [9.17, 15) is 0 Å². The smallest absolute Gasteiger partial charge is 0.191 e. The van der Waals surface area contributed by atoms with Crippen LogP contribution in [-0.4, -0.2) is 56.2 Å². The Labute approximate surface area is 170 Å². The molecule has 2 heterocycles. The molecule has 0 aliphatic carbocycles. The Balaban J connectivity index is 1.51. The van der Waals surface area contributed by atoms with Crippen molar-refractivity contribution in [3.05, 3.63) is 35.9 Å². The second kappa shape index (κ2) is 10.3. The summed E-state index contributed by atoms with van der Waals surface area (Å²) in [7, 11) is 1.86. The van der Waals surface area contributed by atoms with Crippen LogP contribution in [-0.2, 0) is 4.74 Å². The SMILES string of the molecule is CN=C(NCC1CCCOC1c1ccccc1)NCC(C)(C)N1CCCCC1. The summed E-state index contributed by atoms with van der Waals surface area (Å²) >= 11 is 0. The lowest BCUT2D eigenvalue weighted by molar-refractivity contribution is -0.0265. The quantitative estimate of drug-likeness (QED) is 0.579. The van der Waals surface area contributed by atoms with E-state index in [2.05, 4.69) is 64.7 Å². The number of nitrogens with one attached hydrogen (secondary N) is 2. The highest BCUT2D eigenvalue weighted by Crippen LogP contribution is 2.33. The molecule has 0 saturated carbocycles. The van der Waals surface area contributed by atoms with Crippen LogP contribution in [0, 0.1) is 5.92 Å². The second-order valence-corrected chi connectivity index (χ2v) is 8.77. The van der Waals surface area contributed by atoms with Crippen LogP contribution in [0.4, 0.5) is 0 Å². The normalized spacial score (nSPS) is 24.8.